The number of amides is 1. The number of carboxylic acid groups (broad SMARTS) is 1. The van der Waals surface area contributed by atoms with Gasteiger partial charge in [-0.3, -0.25) is 19.0 Å². The number of halogens is 1. The first-order chi connectivity index (χ1) is 21.4. The number of Topliss-reactive ketones (excluding diaryl/α,β-unsaturated/α-hetero) is 1. The summed E-state index contributed by atoms with van der Waals surface area (Å²) in [6.07, 6.45) is 1.58. The number of aryl methyl sites for hydroxylation is 2. The highest BCUT2D eigenvalue weighted by Crippen LogP contribution is 2.32. The number of hydrogen-bond acceptors (Lipinski definition) is 6. The summed E-state index contributed by atoms with van der Waals surface area (Å²) >= 11 is 7.40. The van der Waals surface area contributed by atoms with Gasteiger partial charge in [0.05, 0.1) is 16.9 Å². The standard InChI is InChI=1S/C35H38ClN3O5S/c1-6-22-9-8-10-23(7-2)32(22)39-30(17-20(3)4)26(31(41)16-15-28(35(43)44)37-21(5)40)18-27(34(39)42)33-38-29(19-45-33)24-11-13-25(36)14-12-24/h8-14,18-20,28H,6-7,15-17H2,1-5H3,(H,37,40)(H,43,44)/t28-/m0/s1. The van der Waals surface area contributed by atoms with E-state index in [9.17, 15) is 24.3 Å². The molecule has 0 unspecified atom stereocenters. The summed E-state index contributed by atoms with van der Waals surface area (Å²) in [5.74, 6) is -1.91. The van der Waals surface area contributed by atoms with Gasteiger partial charge in [0.25, 0.3) is 5.56 Å². The van der Waals surface area contributed by atoms with Crippen LogP contribution >= 0.6 is 22.9 Å². The summed E-state index contributed by atoms with van der Waals surface area (Å²) in [5.41, 5.74) is 5.22. The minimum Gasteiger partial charge on any atom is -0.480 e. The van der Waals surface area contributed by atoms with Crippen molar-refractivity contribution in [2.75, 3.05) is 0 Å². The van der Waals surface area contributed by atoms with Crippen LogP contribution in [0.1, 0.15) is 74.6 Å². The van der Waals surface area contributed by atoms with Crippen molar-refractivity contribution in [1.29, 1.82) is 0 Å². The first-order valence-electron chi connectivity index (χ1n) is 15.1. The molecule has 4 aromatic rings. The van der Waals surface area contributed by atoms with Crippen molar-refractivity contribution in [2.24, 2.45) is 5.92 Å². The Balaban J connectivity index is 1.98. The molecule has 2 aromatic carbocycles. The van der Waals surface area contributed by atoms with Gasteiger partial charge in [0.2, 0.25) is 5.91 Å². The van der Waals surface area contributed by atoms with Crippen molar-refractivity contribution >= 4 is 40.6 Å². The van der Waals surface area contributed by atoms with Crippen LogP contribution in [-0.4, -0.2) is 38.4 Å². The van der Waals surface area contributed by atoms with Gasteiger partial charge in [-0.2, -0.15) is 0 Å². The number of aromatic nitrogens is 2. The minimum absolute atomic E-state index is 0.0902. The molecule has 2 heterocycles. The molecule has 236 valence electrons. The summed E-state index contributed by atoms with van der Waals surface area (Å²) in [6.45, 7) is 9.37. The molecule has 0 fully saturated rings. The fourth-order valence-corrected chi connectivity index (χ4v) is 6.40. The average molecular weight is 648 g/mol. The smallest absolute Gasteiger partial charge is 0.326 e. The van der Waals surface area contributed by atoms with Crippen LogP contribution in [0.25, 0.3) is 27.5 Å². The first kappa shape index (κ1) is 33.8. The molecular formula is C35H38ClN3O5S. The zero-order chi connectivity index (χ0) is 32.8. The summed E-state index contributed by atoms with van der Waals surface area (Å²) in [6, 6.07) is 13.7. The molecule has 10 heteroatoms. The highest BCUT2D eigenvalue weighted by atomic mass is 35.5. The highest BCUT2D eigenvalue weighted by Gasteiger charge is 2.27. The molecule has 0 saturated heterocycles. The molecule has 1 atom stereocenters. The van der Waals surface area contributed by atoms with Crippen LogP contribution in [0.4, 0.5) is 0 Å². The van der Waals surface area contributed by atoms with Crippen LogP contribution in [0.2, 0.25) is 5.02 Å². The Bertz CT molecular complexity index is 1750. The molecule has 45 heavy (non-hydrogen) atoms. The van der Waals surface area contributed by atoms with E-state index in [2.05, 4.69) is 5.32 Å². The van der Waals surface area contributed by atoms with Gasteiger partial charge >= 0.3 is 5.97 Å². The van der Waals surface area contributed by atoms with Crippen LogP contribution in [0.3, 0.4) is 0 Å². The Kier molecular flexibility index (Phi) is 11.1. The molecule has 0 aliphatic heterocycles. The monoisotopic (exact) mass is 647 g/mol. The second kappa shape index (κ2) is 14.8. The number of aliphatic carboxylic acids is 1. The Hall–Kier alpha value is -4.08. The lowest BCUT2D eigenvalue weighted by Gasteiger charge is -2.24. The van der Waals surface area contributed by atoms with Crippen molar-refractivity contribution in [1.82, 2.24) is 14.9 Å². The maximum atomic E-state index is 14.6. The summed E-state index contributed by atoms with van der Waals surface area (Å²) < 4.78 is 1.70. The fraction of sp³-hybridized carbons (Fsp3) is 0.343. The number of nitrogens with one attached hydrogen (secondary N) is 1. The number of hydrogen-bond donors (Lipinski definition) is 2. The number of thiazole rings is 1. The summed E-state index contributed by atoms with van der Waals surface area (Å²) in [7, 11) is 0. The third-order valence-corrected chi connectivity index (χ3v) is 8.73. The predicted molar refractivity (Wildman–Crippen MR) is 180 cm³/mol. The number of carboxylic acids is 1. The molecule has 0 spiro atoms. The maximum Gasteiger partial charge on any atom is 0.326 e. The molecule has 2 N–H and O–H groups in total. The van der Waals surface area contributed by atoms with Gasteiger partial charge in [-0.15, -0.1) is 11.3 Å². The normalized spacial score (nSPS) is 11.9. The summed E-state index contributed by atoms with van der Waals surface area (Å²) in [4.78, 5) is 56.9. The molecule has 1 amide bonds. The van der Waals surface area contributed by atoms with E-state index >= 15 is 0 Å². The van der Waals surface area contributed by atoms with Crippen molar-refractivity contribution < 1.29 is 19.5 Å². The van der Waals surface area contributed by atoms with E-state index in [1.165, 1.54) is 18.3 Å². The molecule has 0 radical (unpaired) electrons. The molecule has 0 aliphatic rings. The minimum atomic E-state index is -1.21. The number of carbonyl (C=O) groups excluding carboxylic acids is 2. The molecular weight excluding hydrogens is 610 g/mol. The van der Waals surface area contributed by atoms with Gasteiger partial charge in [0.15, 0.2) is 5.78 Å². The molecule has 0 saturated carbocycles. The number of nitrogens with zero attached hydrogens (tertiary/aromatic N) is 2. The second-order valence-corrected chi connectivity index (χ2v) is 12.7. The predicted octanol–water partition coefficient (Wildman–Crippen LogP) is 7.16. The van der Waals surface area contributed by atoms with Crippen molar-refractivity contribution in [3.8, 4) is 27.5 Å². The van der Waals surface area contributed by atoms with E-state index in [0.717, 1.165) is 22.4 Å². The number of pyridine rings is 1. The molecule has 8 nitrogen and oxygen atoms in total. The summed E-state index contributed by atoms with van der Waals surface area (Å²) in [5, 5.41) is 15.0. The lowest BCUT2D eigenvalue weighted by atomic mass is 9.94. The lowest BCUT2D eigenvalue weighted by molar-refractivity contribution is -0.141. The number of ketones is 1. The third kappa shape index (κ3) is 7.78. The Morgan fingerprint density at radius 2 is 1.69 bits per heavy atom. The van der Waals surface area contributed by atoms with Crippen LogP contribution < -0.4 is 10.9 Å². The second-order valence-electron chi connectivity index (χ2n) is 11.4. The number of rotatable bonds is 13. The SMILES string of the molecule is CCc1cccc(CC)c1-n1c(CC(C)C)c(C(=O)CC[C@H](NC(C)=O)C(=O)O)cc(-c2nc(-c3ccc(Cl)cc3)cs2)c1=O. The van der Waals surface area contributed by atoms with Crippen molar-refractivity contribution in [2.45, 2.75) is 72.8 Å². The van der Waals surface area contributed by atoms with E-state index in [1.807, 2.05) is 63.4 Å². The third-order valence-electron chi connectivity index (χ3n) is 7.60. The van der Waals surface area contributed by atoms with Crippen LogP contribution in [0.15, 0.2) is 58.7 Å². The van der Waals surface area contributed by atoms with E-state index in [1.54, 1.807) is 22.8 Å². The Morgan fingerprint density at radius 1 is 1.04 bits per heavy atom. The van der Waals surface area contributed by atoms with Crippen molar-refractivity contribution in [3.05, 3.63) is 91.7 Å². The van der Waals surface area contributed by atoms with E-state index in [4.69, 9.17) is 16.6 Å². The highest BCUT2D eigenvalue weighted by molar-refractivity contribution is 7.13. The number of carbonyl (C=O) groups is 3. The van der Waals surface area contributed by atoms with Crippen LogP contribution in [0, 0.1) is 5.92 Å². The number of benzene rings is 2. The van der Waals surface area contributed by atoms with Gasteiger partial charge in [-0.1, -0.05) is 69.6 Å². The van der Waals surface area contributed by atoms with E-state index in [-0.39, 0.29) is 30.1 Å². The lowest BCUT2D eigenvalue weighted by Crippen LogP contribution is -2.40. The van der Waals surface area contributed by atoms with Gasteiger partial charge in [0, 0.05) is 40.6 Å². The van der Waals surface area contributed by atoms with E-state index in [0.29, 0.717) is 51.8 Å². The number of para-hydroxylation sites is 1. The zero-order valence-electron chi connectivity index (χ0n) is 26.1. The molecule has 0 bridgehead atoms. The maximum absolute atomic E-state index is 14.6. The Morgan fingerprint density at radius 3 is 2.24 bits per heavy atom. The van der Waals surface area contributed by atoms with Crippen LogP contribution in [-0.2, 0) is 28.9 Å². The van der Waals surface area contributed by atoms with Gasteiger partial charge in [0.1, 0.15) is 11.0 Å². The van der Waals surface area contributed by atoms with Crippen LogP contribution in [0.5, 0.6) is 0 Å². The van der Waals surface area contributed by atoms with E-state index < -0.39 is 17.9 Å². The quantitative estimate of drug-likeness (QED) is 0.149. The largest absolute Gasteiger partial charge is 0.480 e. The Labute approximate surface area is 272 Å². The molecule has 2 aromatic heterocycles. The average Bonchev–Trinajstić information content (AvgIpc) is 3.49. The van der Waals surface area contributed by atoms with Crippen molar-refractivity contribution in [3.63, 3.8) is 0 Å². The van der Waals surface area contributed by atoms with Gasteiger partial charge < -0.3 is 10.4 Å². The van der Waals surface area contributed by atoms with Gasteiger partial charge in [-0.05, 0) is 60.9 Å². The first-order valence-corrected chi connectivity index (χ1v) is 16.4. The van der Waals surface area contributed by atoms with Gasteiger partial charge in [-0.25, -0.2) is 9.78 Å². The topological polar surface area (TPSA) is 118 Å². The zero-order valence-corrected chi connectivity index (χ0v) is 27.7. The molecule has 0 aliphatic carbocycles. The fourth-order valence-electron chi connectivity index (χ4n) is 5.44. The molecule has 4 rings (SSSR count).